The molecule has 346 valence electrons. The van der Waals surface area contributed by atoms with Gasteiger partial charge in [-0.15, -0.1) is 0 Å². The molecule has 1 N–H and O–H groups in total. The lowest BCUT2D eigenvalue weighted by Gasteiger charge is -2.31. The molecule has 0 aromatic carbocycles. The van der Waals surface area contributed by atoms with Crippen LogP contribution in [0.5, 0.6) is 0 Å². The minimum Gasteiger partial charge on any atom is -0.465 e. The summed E-state index contributed by atoms with van der Waals surface area (Å²) in [4.78, 5) is 28.2. The van der Waals surface area contributed by atoms with Crippen molar-refractivity contribution < 1.29 is 24.2 Å². The molecule has 0 saturated heterocycles. The third kappa shape index (κ3) is 37.8. The van der Waals surface area contributed by atoms with E-state index in [-0.39, 0.29) is 18.5 Å². The Morgan fingerprint density at radius 2 is 0.741 bits per heavy atom. The van der Waals surface area contributed by atoms with Crippen molar-refractivity contribution in [1.29, 1.82) is 0 Å². The van der Waals surface area contributed by atoms with Crippen LogP contribution in [-0.2, 0) is 19.1 Å². The van der Waals surface area contributed by atoms with Gasteiger partial charge >= 0.3 is 11.9 Å². The highest BCUT2D eigenvalue weighted by molar-refractivity contribution is 5.69. The number of aliphatic hydroxyl groups is 1. The van der Waals surface area contributed by atoms with Crippen molar-refractivity contribution in [3.05, 3.63) is 0 Å². The van der Waals surface area contributed by atoms with Crippen LogP contribution in [0, 0.1) is 11.8 Å². The highest BCUT2D eigenvalue weighted by Crippen LogP contribution is 2.23. The molecule has 58 heavy (non-hydrogen) atoms. The van der Waals surface area contributed by atoms with E-state index in [0.717, 1.165) is 77.3 Å². The first-order chi connectivity index (χ1) is 28.4. The molecule has 0 bridgehead atoms. The van der Waals surface area contributed by atoms with Crippen molar-refractivity contribution in [3.8, 4) is 0 Å². The third-order valence-corrected chi connectivity index (χ3v) is 12.7. The van der Waals surface area contributed by atoms with Gasteiger partial charge < -0.3 is 19.5 Å². The number of carbonyl (C=O) groups is 2. The molecule has 0 radical (unpaired) electrons. The topological polar surface area (TPSA) is 76.1 Å². The predicted molar refractivity (Wildman–Crippen MR) is 251 cm³/mol. The zero-order valence-corrected chi connectivity index (χ0v) is 40.0. The first-order valence-electron chi connectivity index (χ1n) is 26.1. The van der Waals surface area contributed by atoms with Gasteiger partial charge in [-0.3, -0.25) is 9.59 Å². The van der Waals surface area contributed by atoms with Crippen molar-refractivity contribution >= 4 is 11.9 Å². The summed E-state index contributed by atoms with van der Waals surface area (Å²) >= 11 is 0. The molecule has 3 unspecified atom stereocenters. The molecule has 0 aliphatic rings. The second-order valence-electron chi connectivity index (χ2n) is 18.2. The Balaban J connectivity index is 4.70. The Morgan fingerprint density at radius 3 is 1.10 bits per heavy atom. The number of hydrogen-bond donors (Lipinski definition) is 1. The van der Waals surface area contributed by atoms with Crippen LogP contribution in [0.3, 0.4) is 0 Å². The molecular formula is C52H103NO5. The fraction of sp³-hybridized carbons (Fsp3) is 0.962. The van der Waals surface area contributed by atoms with E-state index in [4.69, 9.17) is 9.47 Å². The van der Waals surface area contributed by atoms with Crippen LogP contribution in [-0.4, -0.2) is 60.9 Å². The van der Waals surface area contributed by atoms with E-state index in [2.05, 4.69) is 39.5 Å². The maximum absolute atomic E-state index is 12.8. The summed E-state index contributed by atoms with van der Waals surface area (Å²) in [5.41, 5.74) is 0. The Labute approximate surface area is 362 Å². The lowest BCUT2D eigenvalue weighted by atomic mass is 9.95. The van der Waals surface area contributed by atoms with Gasteiger partial charge in [0.05, 0.1) is 13.2 Å². The lowest BCUT2D eigenvalue weighted by molar-refractivity contribution is -0.146. The summed E-state index contributed by atoms with van der Waals surface area (Å²) in [5.74, 6) is 1.03. The molecule has 3 atom stereocenters. The fourth-order valence-electron chi connectivity index (χ4n) is 8.70. The van der Waals surface area contributed by atoms with Crippen molar-refractivity contribution in [2.45, 2.75) is 278 Å². The average Bonchev–Trinajstić information content (AvgIpc) is 3.23. The number of hydrogen-bond acceptors (Lipinski definition) is 6. The molecule has 0 amide bonds. The van der Waals surface area contributed by atoms with Crippen LogP contribution in [0.2, 0.25) is 0 Å². The maximum atomic E-state index is 12.8. The monoisotopic (exact) mass is 822 g/mol. The van der Waals surface area contributed by atoms with E-state index in [0.29, 0.717) is 43.9 Å². The predicted octanol–water partition coefficient (Wildman–Crippen LogP) is 15.5. The Morgan fingerprint density at radius 1 is 0.414 bits per heavy atom. The summed E-state index contributed by atoms with van der Waals surface area (Å²) in [6, 6.07) is 0.512. The smallest absolute Gasteiger partial charge is 0.305 e. The molecule has 0 saturated carbocycles. The summed E-state index contributed by atoms with van der Waals surface area (Å²) in [5, 5.41) is 9.40. The lowest BCUT2D eigenvalue weighted by Crippen LogP contribution is -2.36. The summed E-state index contributed by atoms with van der Waals surface area (Å²) in [6.07, 6.45) is 43.6. The van der Waals surface area contributed by atoms with E-state index in [9.17, 15) is 14.7 Å². The zero-order chi connectivity index (χ0) is 42.6. The van der Waals surface area contributed by atoms with Gasteiger partial charge in [-0.1, -0.05) is 195 Å². The van der Waals surface area contributed by atoms with Gasteiger partial charge in [0.25, 0.3) is 0 Å². The number of esters is 2. The summed E-state index contributed by atoms with van der Waals surface area (Å²) < 4.78 is 11.8. The average molecular weight is 822 g/mol. The number of carbonyl (C=O) groups excluding carboxylic acids is 2. The summed E-state index contributed by atoms with van der Waals surface area (Å²) in [7, 11) is 0. The highest BCUT2D eigenvalue weighted by atomic mass is 16.5. The normalized spacial score (nSPS) is 13.2. The first kappa shape index (κ1) is 56.9. The van der Waals surface area contributed by atoms with Gasteiger partial charge in [0, 0.05) is 25.5 Å². The van der Waals surface area contributed by atoms with Gasteiger partial charge in [0.15, 0.2) is 0 Å². The molecule has 0 aliphatic heterocycles. The van der Waals surface area contributed by atoms with E-state index in [1.807, 2.05) is 0 Å². The van der Waals surface area contributed by atoms with E-state index < -0.39 is 0 Å². The SMILES string of the molecule is CCCCCCCCC(CCCCCC)COC(=O)CCCCCC(CCCCCC(=O)OCC(CCCCCCC)CCCCCCCC)N(CC)CCCCO. The van der Waals surface area contributed by atoms with Gasteiger partial charge in [0.2, 0.25) is 0 Å². The molecule has 0 aromatic heterocycles. The molecular weight excluding hydrogens is 719 g/mol. The first-order valence-corrected chi connectivity index (χ1v) is 26.1. The Hall–Kier alpha value is -1.14. The van der Waals surface area contributed by atoms with Gasteiger partial charge in [-0.05, 0) is 89.1 Å². The van der Waals surface area contributed by atoms with Crippen LogP contribution >= 0.6 is 0 Å². The van der Waals surface area contributed by atoms with E-state index in [1.54, 1.807) is 0 Å². The third-order valence-electron chi connectivity index (χ3n) is 12.7. The van der Waals surface area contributed by atoms with Crippen LogP contribution in [0.1, 0.15) is 272 Å². The number of aliphatic hydroxyl groups excluding tert-OH is 1. The van der Waals surface area contributed by atoms with Crippen molar-refractivity contribution in [2.75, 3.05) is 32.9 Å². The van der Waals surface area contributed by atoms with Crippen LogP contribution in [0.25, 0.3) is 0 Å². The van der Waals surface area contributed by atoms with Gasteiger partial charge in [-0.2, -0.15) is 0 Å². The van der Waals surface area contributed by atoms with Crippen LogP contribution in [0.15, 0.2) is 0 Å². The number of rotatable bonds is 47. The quantitative estimate of drug-likeness (QED) is 0.0487. The van der Waals surface area contributed by atoms with Crippen molar-refractivity contribution in [3.63, 3.8) is 0 Å². The standard InChI is InChI=1S/C52H103NO5/c1-6-11-15-19-22-28-38-48(36-26-18-14-9-4)46-57-51(55)42-32-24-30-40-50(53(10-5)44-34-35-45-54)41-31-25-33-43-52(56)58-47-49(37-27-21-17-13-8-3)39-29-23-20-16-12-7-2/h48-50,54H,6-47H2,1-5H3. The number of nitrogens with zero attached hydrogens (tertiary/aromatic N) is 1. The fourth-order valence-corrected chi connectivity index (χ4v) is 8.70. The van der Waals surface area contributed by atoms with Crippen molar-refractivity contribution in [2.24, 2.45) is 11.8 Å². The molecule has 0 fully saturated rings. The van der Waals surface area contributed by atoms with E-state index >= 15 is 0 Å². The molecule has 0 spiro atoms. The minimum absolute atomic E-state index is 0.00603. The van der Waals surface area contributed by atoms with Crippen LogP contribution < -0.4 is 0 Å². The maximum Gasteiger partial charge on any atom is 0.305 e. The zero-order valence-electron chi connectivity index (χ0n) is 40.0. The highest BCUT2D eigenvalue weighted by Gasteiger charge is 2.18. The molecule has 0 aliphatic carbocycles. The second kappa shape index (κ2) is 45.4. The number of unbranched alkanes of at least 4 members (excludes halogenated alkanes) is 22. The van der Waals surface area contributed by atoms with E-state index in [1.165, 1.54) is 161 Å². The Kier molecular flexibility index (Phi) is 44.5. The molecule has 6 nitrogen and oxygen atoms in total. The molecule has 0 rings (SSSR count). The van der Waals surface area contributed by atoms with Crippen molar-refractivity contribution in [1.82, 2.24) is 4.90 Å². The summed E-state index contributed by atoms with van der Waals surface area (Å²) in [6.45, 7) is 14.9. The van der Waals surface area contributed by atoms with Gasteiger partial charge in [0.1, 0.15) is 0 Å². The Bertz CT molecular complexity index is 852. The van der Waals surface area contributed by atoms with Gasteiger partial charge in [-0.25, -0.2) is 0 Å². The largest absolute Gasteiger partial charge is 0.465 e. The molecule has 6 heteroatoms. The second-order valence-corrected chi connectivity index (χ2v) is 18.2. The molecule has 0 aromatic rings. The van der Waals surface area contributed by atoms with Crippen LogP contribution in [0.4, 0.5) is 0 Å². The number of ether oxygens (including phenoxy) is 2. The minimum atomic E-state index is -0.00787. The molecule has 0 heterocycles.